The lowest BCUT2D eigenvalue weighted by molar-refractivity contribution is -0.139. The molecule has 1 aromatic heterocycles. The van der Waals surface area contributed by atoms with Gasteiger partial charge in [-0.05, 0) is 60.0 Å². The lowest BCUT2D eigenvalue weighted by atomic mass is 9.95. The predicted octanol–water partition coefficient (Wildman–Crippen LogP) is 5.61. The molecule has 4 aromatic rings. The van der Waals surface area contributed by atoms with Crippen LogP contribution in [0.2, 0.25) is 0 Å². The van der Waals surface area contributed by atoms with Crippen LogP contribution in [0.5, 0.6) is 11.5 Å². The third-order valence-electron chi connectivity index (χ3n) is 6.69. The minimum absolute atomic E-state index is 0.0677. The smallest absolute Gasteiger partial charge is 0.295 e. The van der Waals surface area contributed by atoms with Crippen LogP contribution in [0.1, 0.15) is 22.7 Å². The van der Waals surface area contributed by atoms with Gasteiger partial charge in [0, 0.05) is 33.7 Å². The van der Waals surface area contributed by atoms with Gasteiger partial charge in [-0.15, -0.1) is 0 Å². The molecule has 37 heavy (non-hydrogen) atoms. The minimum Gasteiger partial charge on any atom is -0.507 e. The highest BCUT2D eigenvalue weighted by Crippen LogP contribution is 2.40. The number of nitrogens with zero attached hydrogens (tertiary/aromatic N) is 1. The van der Waals surface area contributed by atoms with Crippen LogP contribution in [0, 0.1) is 0 Å². The number of carbonyl (C=O) groups excluding carboxylic acids is 2. The summed E-state index contributed by atoms with van der Waals surface area (Å²) in [5.41, 5.74) is 3.19. The minimum atomic E-state index is -0.741. The number of likely N-dealkylation sites (tertiary alicyclic amines) is 1. The van der Waals surface area contributed by atoms with Crippen molar-refractivity contribution in [1.82, 2.24) is 9.88 Å². The van der Waals surface area contributed by atoms with Gasteiger partial charge in [0.25, 0.3) is 11.7 Å². The SMILES string of the molecule is COc1ccc(C2/C(=C(/O)c3ccc(Br)cc3)C(=O)C(=O)N2CCc2c[nH]c3ccc(OC)cc23)cc1. The Morgan fingerprint density at radius 1 is 0.973 bits per heavy atom. The molecule has 7 nitrogen and oxygen atoms in total. The largest absolute Gasteiger partial charge is 0.507 e. The van der Waals surface area contributed by atoms with Crippen molar-refractivity contribution in [1.29, 1.82) is 0 Å². The molecule has 1 aliphatic rings. The van der Waals surface area contributed by atoms with E-state index in [4.69, 9.17) is 9.47 Å². The van der Waals surface area contributed by atoms with E-state index < -0.39 is 17.7 Å². The number of aromatic amines is 1. The Morgan fingerprint density at radius 2 is 1.65 bits per heavy atom. The van der Waals surface area contributed by atoms with E-state index in [1.807, 2.05) is 36.5 Å². The molecule has 0 spiro atoms. The number of ether oxygens (including phenoxy) is 2. The molecule has 0 bridgehead atoms. The van der Waals surface area contributed by atoms with Crippen molar-refractivity contribution in [2.45, 2.75) is 12.5 Å². The summed E-state index contributed by atoms with van der Waals surface area (Å²) in [6.45, 7) is 0.280. The number of carbonyl (C=O) groups is 2. The molecule has 1 saturated heterocycles. The number of Topliss-reactive ketones (excluding diaryl/α,β-unsaturated/α-hetero) is 1. The first-order valence-corrected chi connectivity index (χ1v) is 12.5. The number of amides is 1. The zero-order valence-corrected chi connectivity index (χ0v) is 21.9. The Hall–Kier alpha value is -4.04. The second-order valence-corrected chi connectivity index (χ2v) is 9.66. The van der Waals surface area contributed by atoms with E-state index in [1.54, 1.807) is 50.6 Å². The monoisotopic (exact) mass is 560 g/mol. The molecule has 8 heteroatoms. The van der Waals surface area contributed by atoms with Crippen LogP contribution in [0.3, 0.4) is 0 Å². The molecule has 0 aliphatic carbocycles. The van der Waals surface area contributed by atoms with Crippen molar-refractivity contribution in [2.24, 2.45) is 0 Å². The van der Waals surface area contributed by atoms with Gasteiger partial charge in [0.2, 0.25) is 0 Å². The molecule has 2 heterocycles. The molecule has 5 rings (SSSR count). The number of halogens is 1. The molecule has 1 aliphatic heterocycles. The van der Waals surface area contributed by atoms with E-state index in [1.165, 1.54) is 4.90 Å². The Morgan fingerprint density at radius 3 is 2.32 bits per heavy atom. The van der Waals surface area contributed by atoms with E-state index >= 15 is 0 Å². The van der Waals surface area contributed by atoms with Crippen LogP contribution in [-0.2, 0) is 16.0 Å². The Bertz CT molecular complexity index is 1510. The van der Waals surface area contributed by atoms with Crippen molar-refractivity contribution in [3.63, 3.8) is 0 Å². The number of methoxy groups -OCH3 is 2. The molecular formula is C29H25BrN2O5. The molecule has 0 saturated carbocycles. The lowest BCUT2D eigenvalue weighted by Crippen LogP contribution is -2.31. The summed E-state index contributed by atoms with van der Waals surface area (Å²) in [5, 5.41) is 12.2. The van der Waals surface area contributed by atoms with Crippen LogP contribution < -0.4 is 9.47 Å². The van der Waals surface area contributed by atoms with Crippen LogP contribution in [0.4, 0.5) is 0 Å². The normalized spacial score (nSPS) is 16.9. The Labute approximate surface area is 222 Å². The number of aliphatic hydroxyl groups is 1. The molecule has 188 valence electrons. The Kier molecular flexibility index (Phi) is 6.76. The fourth-order valence-corrected chi connectivity index (χ4v) is 5.00. The second-order valence-electron chi connectivity index (χ2n) is 8.75. The van der Waals surface area contributed by atoms with E-state index in [-0.39, 0.29) is 17.9 Å². The predicted molar refractivity (Wildman–Crippen MR) is 145 cm³/mol. The highest BCUT2D eigenvalue weighted by molar-refractivity contribution is 9.10. The summed E-state index contributed by atoms with van der Waals surface area (Å²) in [4.78, 5) is 31.4. The first-order valence-electron chi connectivity index (χ1n) is 11.7. The van der Waals surface area contributed by atoms with Crippen LogP contribution >= 0.6 is 15.9 Å². The number of H-pyrrole nitrogens is 1. The van der Waals surface area contributed by atoms with E-state index in [0.29, 0.717) is 23.3 Å². The molecule has 1 atom stereocenters. The fourth-order valence-electron chi connectivity index (χ4n) is 4.74. The van der Waals surface area contributed by atoms with Gasteiger partial charge in [-0.25, -0.2) is 0 Å². The van der Waals surface area contributed by atoms with Crippen molar-refractivity contribution in [2.75, 3.05) is 20.8 Å². The molecule has 0 radical (unpaired) electrons. The molecule has 1 amide bonds. The summed E-state index contributed by atoms with van der Waals surface area (Å²) in [5.74, 6) is -0.160. The lowest BCUT2D eigenvalue weighted by Gasteiger charge is -2.25. The van der Waals surface area contributed by atoms with E-state index in [9.17, 15) is 14.7 Å². The van der Waals surface area contributed by atoms with E-state index in [2.05, 4.69) is 20.9 Å². The van der Waals surface area contributed by atoms with Crippen molar-refractivity contribution in [3.8, 4) is 11.5 Å². The molecule has 1 unspecified atom stereocenters. The van der Waals surface area contributed by atoms with Gasteiger partial charge in [0.05, 0.1) is 25.8 Å². The zero-order chi connectivity index (χ0) is 26.1. The summed E-state index contributed by atoms with van der Waals surface area (Å²) < 4.78 is 11.5. The molecule has 2 N–H and O–H groups in total. The van der Waals surface area contributed by atoms with Gasteiger partial charge in [-0.2, -0.15) is 0 Å². The average molecular weight is 561 g/mol. The van der Waals surface area contributed by atoms with Crippen molar-refractivity contribution >= 4 is 44.3 Å². The third-order valence-corrected chi connectivity index (χ3v) is 7.21. The Balaban J connectivity index is 1.55. The maximum absolute atomic E-state index is 13.3. The third kappa shape index (κ3) is 4.60. The maximum Gasteiger partial charge on any atom is 0.295 e. The first kappa shape index (κ1) is 24.6. The van der Waals surface area contributed by atoms with Gasteiger partial charge >= 0.3 is 0 Å². The van der Waals surface area contributed by atoms with Crippen LogP contribution in [-0.4, -0.2) is 47.4 Å². The van der Waals surface area contributed by atoms with Gasteiger partial charge in [0.1, 0.15) is 17.3 Å². The second kappa shape index (κ2) is 10.1. The van der Waals surface area contributed by atoms with Crippen molar-refractivity contribution < 1.29 is 24.2 Å². The number of aromatic nitrogens is 1. The first-order chi connectivity index (χ1) is 17.9. The molecular weight excluding hydrogens is 536 g/mol. The van der Waals surface area contributed by atoms with Crippen LogP contribution in [0.25, 0.3) is 16.7 Å². The zero-order valence-electron chi connectivity index (χ0n) is 20.3. The fraction of sp³-hybridized carbons (Fsp3) is 0.172. The summed E-state index contributed by atoms with van der Waals surface area (Å²) in [7, 11) is 3.19. The summed E-state index contributed by atoms with van der Waals surface area (Å²) >= 11 is 3.39. The highest BCUT2D eigenvalue weighted by atomic mass is 79.9. The number of aliphatic hydroxyl groups excluding tert-OH is 1. The number of ketones is 1. The topological polar surface area (TPSA) is 91.9 Å². The number of nitrogens with one attached hydrogen (secondary N) is 1. The van der Waals surface area contributed by atoms with E-state index in [0.717, 1.165) is 26.7 Å². The number of hydrogen-bond acceptors (Lipinski definition) is 5. The van der Waals surface area contributed by atoms with Gasteiger partial charge in [-0.3, -0.25) is 9.59 Å². The highest BCUT2D eigenvalue weighted by Gasteiger charge is 2.45. The maximum atomic E-state index is 13.3. The van der Waals surface area contributed by atoms with Gasteiger partial charge in [0.15, 0.2) is 0 Å². The molecule has 1 fully saturated rings. The number of hydrogen-bond donors (Lipinski definition) is 2. The van der Waals surface area contributed by atoms with Gasteiger partial charge < -0.3 is 24.5 Å². The average Bonchev–Trinajstić information content (AvgIpc) is 3.44. The van der Waals surface area contributed by atoms with Crippen molar-refractivity contribution in [3.05, 3.63) is 99.7 Å². The van der Waals surface area contributed by atoms with Gasteiger partial charge in [-0.1, -0.05) is 40.2 Å². The number of fused-ring (bicyclic) bond motifs is 1. The standard InChI is InChI=1S/C29H25BrN2O5/c1-36-21-9-5-17(6-10-21)26-25(27(33)18-3-7-20(30)8-4-18)28(34)29(35)32(26)14-13-19-16-31-24-12-11-22(37-2)15-23(19)24/h3-12,15-16,26,31,33H,13-14H2,1-2H3/b27-25-. The van der Waals surface area contributed by atoms with Crippen LogP contribution in [0.15, 0.2) is 83.0 Å². The number of benzene rings is 3. The summed E-state index contributed by atoms with van der Waals surface area (Å²) in [6, 6.07) is 19.2. The summed E-state index contributed by atoms with van der Waals surface area (Å²) in [6.07, 6.45) is 2.41. The number of rotatable bonds is 7. The quantitative estimate of drug-likeness (QED) is 0.174. The molecule has 3 aromatic carbocycles.